The molecule has 0 saturated carbocycles. The second kappa shape index (κ2) is 8.65. The van der Waals surface area contributed by atoms with Crippen molar-refractivity contribution in [3.05, 3.63) is 66.2 Å². The van der Waals surface area contributed by atoms with Crippen LogP contribution in [0.3, 0.4) is 0 Å². The van der Waals surface area contributed by atoms with Crippen LogP contribution in [0.2, 0.25) is 0 Å². The molecule has 0 aliphatic carbocycles. The molecular weight excluding hydrogens is 352 g/mol. The van der Waals surface area contributed by atoms with Crippen LogP contribution in [-0.4, -0.2) is 44.2 Å². The molecule has 7 heteroatoms. The van der Waals surface area contributed by atoms with Crippen LogP contribution >= 0.6 is 0 Å². The molecule has 1 fully saturated rings. The maximum atomic E-state index is 12.4. The van der Waals surface area contributed by atoms with Gasteiger partial charge in [-0.25, -0.2) is 9.78 Å². The number of aromatic nitrogens is 4. The Morgan fingerprint density at radius 3 is 2.61 bits per heavy atom. The first kappa shape index (κ1) is 18.2. The number of aromatic amines is 1. The monoisotopic (exact) mass is 376 g/mol. The molecule has 2 aromatic heterocycles. The third kappa shape index (κ3) is 4.54. The van der Waals surface area contributed by atoms with Crippen LogP contribution in [-0.2, 0) is 13.0 Å². The van der Waals surface area contributed by atoms with E-state index in [2.05, 4.69) is 25.5 Å². The van der Waals surface area contributed by atoms with Crippen molar-refractivity contribution in [3.8, 4) is 11.4 Å². The van der Waals surface area contributed by atoms with E-state index in [1.807, 2.05) is 47.4 Å². The number of hydrogen-bond acceptors (Lipinski definition) is 4. The van der Waals surface area contributed by atoms with Crippen LogP contribution in [0.5, 0.6) is 0 Å². The smallest absolute Gasteiger partial charge is 0.317 e. The van der Waals surface area contributed by atoms with Gasteiger partial charge in [0.05, 0.1) is 0 Å². The zero-order valence-corrected chi connectivity index (χ0v) is 15.7. The molecule has 3 aromatic rings. The number of piperidine rings is 1. The maximum absolute atomic E-state index is 12.4. The Labute approximate surface area is 164 Å². The number of hydrogen-bond donors (Lipinski definition) is 2. The van der Waals surface area contributed by atoms with E-state index in [4.69, 9.17) is 0 Å². The van der Waals surface area contributed by atoms with Gasteiger partial charge >= 0.3 is 6.03 Å². The Kier molecular flexibility index (Phi) is 5.61. The summed E-state index contributed by atoms with van der Waals surface area (Å²) in [7, 11) is 0. The molecule has 1 aliphatic rings. The first-order valence-corrected chi connectivity index (χ1v) is 9.66. The van der Waals surface area contributed by atoms with Crippen LogP contribution in [0.1, 0.15) is 24.2 Å². The number of carbonyl (C=O) groups is 1. The number of H-pyrrole nitrogens is 1. The molecule has 4 rings (SSSR count). The summed E-state index contributed by atoms with van der Waals surface area (Å²) in [5, 5.41) is 10.4. The molecule has 1 aromatic carbocycles. The first-order chi connectivity index (χ1) is 13.8. The Balaban J connectivity index is 1.24. The number of likely N-dealkylation sites (tertiary alicyclic amines) is 1. The SMILES string of the molecule is O=C(NCc1ccccc1)N1CCC(Cc2nc(-c3ccncc3)n[nH]2)CC1. The van der Waals surface area contributed by atoms with Gasteiger partial charge in [0.15, 0.2) is 5.82 Å². The van der Waals surface area contributed by atoms with Crippen molar-refractivity contribution in [2.45, 2.75) is 25.8 Å². The molecule has 2 N–H and O–H groups in total. The average Bonchev–Trinajstić information content (AvgIpc) is 3.22. The summed E-state index contributed by atoms with van der Waals surface area (Å²) in [6.07, 6.45) is 6.29. The molecule has 3 heterocycles. The number of urea groups is 1. The summed E-state index contributed by atoms with van der Waals surface area (Å²) < 4.78 is 0. The fraction of sp³-hybridized carbons (Fsp3) is 0.333. The topological polar surface area (TPSA) is 86.8 Å². The third-order valence-corrected chi connectivity index (χ3v) is 5.14. The fourth-order valence-electron chi connectivity index (χ4n) is 3.52. The van der Waals surface area contributed by atoms with Crippen molar-refractivity contribution in [2.24, 2.45) is 5.92 Å². The van der Waals surface area contributed by atoms with Gasteiger partial charge in [-0.2, -0.15) is 5.10 Å². The van der Waals surface area contributed by atoms with Gasteiger partial charge < -0.3 is 10.2 Å². The van der Waals surface area contributed by atoms with E-state index >= 15 is 0 Å². The molecule has 7 nitrogen and oxygen atoms in total. The highest BCUT2D eigenvalue weighted by atomic mass is 16.2. The van der Waals surface area contributed by atoms with E-state index in [1.165, 1.54) is 0 Å². The number of rotatable bonds is 5. The minimum atomic E-state index is 0.0157. The van der Waals surface area contributed by atoms with Gasteiger partial charge in [-0.15, -0.1) is 0 Å². The fourth-order valence-corrected chi connectivity index (χ4v) is 3.52. The lowest BCUT2D eigenvalue weighted by Crippen LogP contribution is -2.44. The number of pyridine rings is 1. The molecule has 144 valence electrons. The average molecular weight is 376 g/mol. The summed E-state index contributed by atoms with van der Waals surface area (Å²) in [6, 6.07) is 13.8. The summed E-state index contributed by atoms with van der Waals surface area (Å²) in [5.74, 6) is 2.12. The van der Waals surface area contributed by atoms with Gasteiger partial charge in [0.25, 0.3) is 0 Å². The minimum absolute atomic E-state index is 0.0157. The molecule has 1 aliphatic heterocycles. The quantitative estimate of drug-likeness (QED) is 0.717. The van der Waals surface area contributed by atoms with Gasteiger partial charge in [-0.3, -0.25) is 10.1 Å². The maximum Gasteiger partial charge on any atom is 0.317 e. The van der Waals surface area contributed by atoms with Crippen LogP contribution in [0.15, 0.2) is 54.9 Å². The lowest BCUT2D eigenvalue weighted by atomic mass is 9.93. The van der Waals surface area contributed by atoms with Crippen LogP contribution in [0.4, 0.5) is 4.79 Å². The summed E-state index contributed by atoms with van der Waals surface area (Å²) in [6.45, 7) is 2.11. The second-order valence-corrected chi connectivity index (χ2v) is 7.12. The van der Waals surface area contributed by atoms with Crippen LogP contribution in [0, 0.1) is 5.92 Å². The van der Waals surface area contributed by atoms with Crippen LogP contribution < -0.4 is 5.32 Å². The van der Waals surface area contributed by atoms with Crippen molar-refractivity contribution in [2.75, 3.05) is 13.1 Å². The normalized spacial score (nSPS) is 14.8. The molecule has 2 amide bonds. The van der Waals surface area contributed by atoms with E-state index in [1.54, 1.807) is 12.4 Å². The van der Waals surface area contributed by atoms with E-state index in [0.717, 1.165) is 49.3 Å². The molecule has 0 spiro atoms. The number of amides is 2. The number of benzene rings is 1. The Morgan fingerprint density at radius 2 is 1.86 bits per heavy atom. The molecule has 1 saturated heterocycles. The molecular formula is C21H24N6O. The molecule has 0 radical (unpaired) electrons. The van der Waals surface area contributed by atoms with E-state index in [-0.39, 0.29) is 6.03 Å². The van der Waals surface area contributed by atoms with Gasteiger partial charge in [0.1, 0.15) is 5.82 Å². The molecule has 0 atom stereocenters. The lowest BCUT2D eigenvalue weighted by Gasteiger charge is -2.31. The van der Waals surface area contributed by atoms with Crippen molar-refractivity contribution in [3.63, 3.8) is 0 Å². The summed E-state index contributed by atoms with van der Waals surface area (Å²) >= 11 is 0. The van der Waals surface area contributed by atoms with Crippen molar-refractivity contribution < 1.29 is 4.79 Å². The predicted octanol–water partition coefficient (Wildman–Crippen LogP) is 3.03. The first-order valence-electron chi connectivity index (χ1n) is 9.66. The highest BCUT2D eigenvalue weighted by Crippen LogP contribution is 2.21. The Morgan fingerprint density at radius 1 is 1.11 bits per heavy atom. The minimum Gasteiger partial charge on any atom is -0.334 e. The molecule has 0 unspecified atom stereocenters. The van der Waals surface area contributed by atoms with Gasteiger partial charge in [-0.1, -0.05) is 30.3 Å². The largest absolute Gasteiger partial charge is 0.334 e. The lowest BCUT2D eigenvalue weighted by molar-refractivity contribution is 0.169. The van der Waals surface area contributed by atoms with E-state index in [0.29, 0.717) is 18.3 Å². The Bertz CT molecular complexity index is 888. The number of carbonyl (C=O) groups excluding carboxylic acids is 1. The molecule has 28 heavy (non-hydrogen) atoms. The van der Waals surface area contributed by atoms with Crippen molar-refractivity contribution in [1.29, 1.82) is 0 Å². The van der Waals surface area contributed by atoms with Gasteiger partial charge in [0, 0.05) is 44.0 Å². The van der Waals surface area contributed by atoms with Gasteiger partial charge in [0.2, 0.25) is 0 Å². The summed E-state index contributed by atoms with van der Waals surface area (Å²) in [4.78, 5) is 22.9. The van der Waals surface area contributed by atoms with Gasteiger partial charge in [-0.05, 0) is 36.5 Å². The van der Waals surface area contributed by atoms with Crippen molar-refractivity contribution in [1.82, 2.24) is 30.4 Å². The summed E-state index contributed by atoms with van der Waals surface area (Å²) in [5.41, 5.74) is 2.07. The second-order valence-electron chi connectivity index (χ2n) is 7.12. The standard InChI is InChI=1S/C21H24N6O/c28-21(23-15-17-4-2-1-3-5-17)27-12-8-16(9-13-27)14-19-24-20(26-25-19)18-6-10-22-11-7-18/h1-7,10-11,16H,8-9,12-15H2,(H,23,28)(H,24,25,26). The van der Waals surface area contributed by atoms with Crippen LogP contribution in [0.25, 0.3) is 11.4 Å². The highest BCUT2D eigenvalue weighted by Gasteiger charge is 2.23. The zero-order chi connectivity index (χ0) is 19.2. The number of nitrogens with one attached hydrogen (secondary N) is 2. The van der Waals surface area contributed by atoms with E-state index in [9.17, 15) is 4.79 Å². The van der Waals surface area contributed by atoms with E-state index < -0.39 is 0 Å². The molecule has 0 bridgehead atoms. The predicted molar refractivity (Wildman–Crippen MR) is 106 cm³/mol. The number of nitrogens with zero attached hydrogens (tertiary/aromatic N) is 4. The van der Waals surface area contributed by atoms with Crippen molar-refractivity contribution >= 4 is 6.03 Å². The zero-order valence-electron chi connectivity index (χ0n) is 15.7. The third-order valence-electron chi connectivity index (χ3n) is 5.14. The highest BCUT2D eigenvalue weighted by molar-refractivity contribution is 5.74. The Hall–Kier alpha value is -3.22.